The molecule has 1 amide bonds. The Hall–Kier alpha value is -1.02. The van der Waals surface area contributed by atoms with Gasteiger partial charge in [-0.1, -0.05) is 47.7 Å². The van der Waals surface area contributed by atoms with E-state index in [9.17, 15) is 4.79 Å². The van der Waals surface area contributed by atoms with Gasteiger partial charge in [0.15, 0.2) is 0 Å². The lowest BCUT2D eigenvalue weighted by Gasteiger charge is -2.33. The van der Waals surface area contributed by atoms with E-state index < -0.39 is 0 Å². The van der Waals surface area contributed by atoms with E-state index in [4.69, 9.17) is 23.8 Å². The second-order valence-corrected chi connectivity index (χ2v) is 6.35. The first-order valence-electron chi connectivity index (χ1n) is 5.96. The summed E-state index contributed by atoms with van der Waals surface area (Å²) in [6.45, 7) is 0.961. The van der Waals surface area contributed by atoms with Crippen molar-refractivity contribution in [1.82, 2.24) is 15.2 Å². The number of benzene rings is 1. The first kappa shape index (κ1) is 15.4. The summed E-state index contributed by atoms with van der Waals surface area (Å²) in [4.78, 5) is 15.8. The van der Waals surface area contributed by atoms with Gasteiger partial charge < -0.3 is 4.90 Å². The third kappa shape index (κ3) is 4.24. The summed E-state index contributed by atoms with van der Waals surface area (Å²) < 4.78 is 0.857. The van der Waals surface area contributed by atoms with Gasteiger partial charge in [-0.15, -0.1) is 0 Å². The van der Waals surface area contributed by atoms with E-state index in [0.29, 0.717) is 23.9 Å². The Balaban J connectivity index is 1.79. The number of nitrogens with zero attached hydrogens (tertiary/aromatic N) is 2. The summed E-state index contributed by atoms with van der Waals surface area (Å²) in [5, 5.41) is 0.561. The molecule has 1 aromatic carbocycles. The van der Waals surface area contributed by atoms with E-state index >= 15 is 0 Å². The van der Waals surface area contributed by atoms with Gasteiger partial charge in [0.25, 0.3) is 5.91 Å². The molecule has 0 aliphatic carbocycles. The molecule has 1 heterocycles. The second-order valence-electron chi connectivity index (χ2n) is 4.36. The number of hydrogen-bond acceptors (Lipinski definition) is 5. The number of anilines is 1. The highest BCUT2D eigenvalue weighted by atomic mass is 35.5. The monoisotopic (exact) mass is 330 g/mol. The highest BCUT2D eigenvalue weighted by Gasteiger charge is 2.20. The zero-order valence-corrected chi connectivity index (χ0v) is 13.3. The van der Waals surface area contributed by atoms with Gasteiger partial charge in [-0.25, -0.2) is 0 Å². The number of carbonyl (C=O) groups excluding carboxylic acids is 1. The minimum Gasteiger partial charge on any atom is -0.348 e. The van der Waals surface area contributed by atoms with Crippen LogP contribution in [0, 0.1) is 0 Å². The Kier molecular flexibility index (Phi) is 5.47. The van der Waals surface area contributed by atoms with Crippen molar-refractivity contribution >= 4 is 51.5 Å². The van der Waals surface area contributed by atoms with Gasteiger partial charge in [-0.3, -0.25) is 20.5 Å². The SMILES string of the molecule is CN1CN(CC(=O)NNc2ccccc2Cl)CSC1=S. The Labute approximate surface area is 132 Å². The normalized spacial score (nSPS) is 16.1. The van der Waals surface area contributed by atoms with E-state index in [-0.39, 0.29) is 5.91 Å². The molecule has 0 bridgehead atoms. The average Bonchev–Trinajstić information content (AvgIpc) is 2.42. The summed E-state index contributed by atoms with van der Waals surface area (Å²) in [5.74, 6) is 0.606. The van der Waals surface area contributed by atoms with Gasteiger partial charge in [0, 0.05) is 7.05 Å². The quantitative estimate of drug-likeness (QED) is 0.650. The number of halogens is 1. The molecule has 0 atom stereocenters. The molecule has 1 fully saturated rings. The van der Waals surface area contributed by atoms with Crippen molar-refractivity contribution in [3.8, 4) is 0 Å². The summed E-state index contributed by atoms with van der Waals surface area (Å²) in [5.41, 5.74) is 6.13. The third-order valence-corrected chi connectivity index (χ3v) is 4.72. The van der Waals surface area contributed by atoms with Crippen molar-refractivity contribution in [3.05, 3.63) is 29.3 Å². The standard InChI is InChI=1S/C12H15ClN4OS2/c1-16-7-17(8-20-12(16)19)6-11(18)15-14-10-5-3-2-4-9(10)13/h2-5,14H,6-8H2,1H3,(H,15,18). The maximum absolute atomic E-state index is 11.9. The van der Waals surface area contributed by atoms with Crippen LogP contribution < -0.4 is 10.9 Å². The van der Waals surface area contributed by atoms with Gasteiger partial charge in [-0.2, -0.15) is 0 Å². The van der Waals surface area contributed by atoms with E-state index in [1.54, 1.807) is 23.9 Å². The minimum atomic E-state index is -0.119. The first-order valence-corrected chi connectivity index (χ1v) is 7.73. The molecule has 108 valence electrons. The number of hydrogen-bond donors (Lipinski definition) is 2. The molecule has 5 nitrogen and oxygen atoms in total. The molecule has 2 rings (SSSR count). The number of carbonyl (C=O) groups is 1. The molecular formula is C12H15ClN4OS2. The molecule has 0 unspecified atom stereocenters. The van der Waals surface area contributed by atoms with Gasteiger partial charge in [0.05, 0.1) is 29.8 Å². The predicted octanol–water partition coefficient (Wildman–Crippen LogP) is 1.96. The van der Waals surface area contributed by atoms with Crippen molar-refractivity contribution in [2.45, 2.75) is 0 Å². The Morgan fingerprint density at radius 3 is 2.95 bits per heavy atom. The van der Waals surface area contributed by atoms with E-state index in [0.717, 1.165) is 10.2 Å². The van der Waals surface area contributed by atoms with Crippen LogP contribution in [0.15, 0.2) is 24.3 Å². The summed E-state index contributed by atoms with van der Waals surface area (Å²) in [7, 11) is 1.92. The number of para-hydroxylation sites is 1. The molecule has 0 saturated carbocycles. The summed E-state index contributed by atoms with van der Waals surface area (Å²) >= 11 is 12.7. The van der Waals surface area contributed by atoms with Crippen LogP contribution >= 0.6 is 35.6 Å². The molecule has 8 heteroatoms. The van der Waals surface area contributed by atoms with Crippen molar-refractivity contribution in [2.24, 2.45) is 0 Å². The third-order valence-electron chi connectivity index (χ3n) is 2.67. The lowest BCUT2D eigenvalue weighted by atomic mass is 10.3. The number of nitrogens with one attached hydrogen (secondary N) is 2. The first-order chi connectivity index (χ1) is 9.56. The number of thiocarbonyl (C=S) groups is 1. The van der Waals surface area contributed by atoms with Crippen LogP contribution in [0.25, 0.3) is 0 Å². The Morgan fingerprint density at radius 1 is 1.50 bits per heavy atom. The molecular weight excluding hydrogens is 316 g/mol. The lowest BCUT2D eigenvalue weighted by Crippen LogP contribution is -2.47. The van der Waals surface area contributed by atoms with Crippen LogP contribution in [0.2, 0.25) is 5.02 Å². The molecule has 20 heavy (non-hydrogen) atoms. The number of hydrazine groups is 1. The lowest BCUT2D eigenvalue weighted by molar-refractivity contribution is -0.121. The van der Waals surface area contributed by atoms with Gasteiger partial charge in [0.2, 0.25) is 0 Å². The van der Waals surface area contributed by atoms with Crippen molar-refractivity contribution in [2.75, 3.05) is 31.6 Å². The fraction of sp³-hybridized carbons (Fsp3) is 0.333. The number of amides is 1. The maximum Gasteiger partial charge on any atom is 0.252 e. The van der Waals surface area contributed by atoms with E-state index in [1.165, 1.54) is 0 Å². The molecule has 1 aliphatic heterocycles. The van der Waals surface area contributed by atoms with Crippen molar-refractivity contribution in [3.63, 3.8) is 0 Å². The molecule has 1 saturated heterocycles. The number of thioether (sulfide) groups is 1. The van der Waals surface area contributed by atoms with E-state index in [2.05, 4.69) is 10.9 Å². The second kappa shape index (κ2) is 7.12. The summed E-state index contributed by atoms with van der Waals surface area (Å²) in [6.07, 6.45) is 0. The van der Waals surface area contributed by atoms with Gasteiger partial charge >= 0.3 is 0 Å². The fourth-order valence-corrected chi connectivity index (χ4v) is 2.84. The van der Waals surface area contributed by atoms with Crippen LogP contribution in [0.5, 0.6) is 0 Å². The van der Waals surface area contributed by atoms with Crippen LogP contribution in [-0.2, 0) is 4.79 Å². The molecule has 0 spiro atoms. The molecule has 1 aromatic rings. The highest BCUT2D eigenvalue weighted by Crippen LogP contribution is 2.19. The summed E-state index contributed by atoms with van der Waals surface area (Å²) in [6, 6.07) is 7.23. The van der Waals surface area contributed by atoms with E-state index in [1.807, 2.05) is 29.0 Å². The van der Waals surface area contributed by atoms with Crippen LogP contribution in [0.3, 0.4) is 0 Å². The zero-order chi connectivity index (χ0) is 14.5. The van der Waals surface area contributed by atoms with Gasteiger partial charge in [-0.05, 0) is 12.1 Å². The smallest absolute Gasteiger partial charge is 0.252 e. The molecule has 2 N–H and O–H groups in total. The predicted molar refractivity (Wildman–Crippen MR) is 87.6 cm³/mol. The molecule has 1 aliphatic rings. The van der Waals surface area contributed by atoms with Crippen molar-refractivity contribution in [1.29, 1.82) is 0 Å². The molecule has 0 radical (unpaired) electrons. The Bertz CT molecular complexity index is 514. The van der Waals surface area contributed by atoms with Crippen LogP contribution in [-0.4, -0.2) is 46.2 Å². The Morgan fingerprint density at radius 2 is 2.25 bits per heavy atom. The molecule has 0 aromatic heterocycles. The van der Waals surface area contributed by atoms with Crippen molar-refractivity contribution < 1.29 is 4.79 Å². The topological polar surface area (TPSA) is 47.6 Å². The fourth-order valence-electron chi connectivity index (χ4n) is 1.69. The minimum absolute atomic E-state index is 0.119. The van der Waals surface area contributed by atoms with Gasteiger partial charge in [0.1, 0.15) is 4.32 Å². The highest BCUT2D eigenvalue weighted by molar-refractivity contribution is 8.22. The number of rotatable bonds is 4. The van der Waals surface area contributed by atoms with Crippen LogP contribution in [0.1, 0.15) is 0 Å². The maximum atomic E-state index is 11.9. The largest absolute Gasteiger partial charge is 0.348 e. The van der Waals surface area contributed by atoms with Crippen LogP contribution in [0.4, 0.5) is 5.69 Å². The zero-order valence-electron chi connectivity index (χ0n) is 10.9. The average molecular weight is 331 g/mol.